The van der Waals surface area contributed by atoms with Crippen LogP contribution >= 0.6 is 11.3 Å². The number of nitrogens with zero attached hydrogens (tertiary/aromatic N) is 1. The lowest BCUT2D eigenvalue weighted by Crippen LogP contribution is -2.45. The molecule has 148 valence electrons. The molecule has 6 nitrogen and oxygen atoms in total. The Bertz CT molecular complexity index is 1070. The predicted molar refractivity (Wildman–Crippen MR) is 114 cm³/mol. The second-order valence-electron chi connectivity index (χ2n) is 7.09. The summed E-state index contributed by atoms with van der Waals surface area (Å²) in [6.45, 7) is 0.697. The maximum absolute atomic E-state index is 12.7. The van der Waals surface area contributed by atoms with E-state index < -0.39 is 11.9 Å². The molecular formula is C22H21N3O3S. The van der Waals surface area contributed by atoms with E-state index in [1.807, 2.05) is 29.6 Å². The van der Waals surface area contributed by atoms with Gasteiger partial charge in [0.1, 0.15) is 6.04 Å². The van der Waals surface area contributed by atoms with Crippen LogP contribution in [-0.4, -0.2) is 30.3 Å². The summed E-state index contributed by atoms with van der Waals surface area (Å²) in [4.78, 5) is 38.2. The molecule has 2 aromatic carbocycles. The van der Waals surface area contributed by atoms with Gasteiger partial charge >= 0.3 is 0 Å². The summed E-state index contributed by atoms with van der Waals surface area (Å²) < 4.78 is 1.13. The summed E-state index contributed by atoms with van der Waals surface area (Å²) in [6, 6.07) is 14.0. The lowest BCUT2D eigenvalue weighted by Gasteiger charge is -2.17. The Labute approximate surface area is 172 Å². The summed E-state index contributed by atoms with van der Waals surface area (Å²) in [6.07, 6.45) is 1.74. The third kappa shape index (κ3) is 4.00. The van der Waals surface area contributed by atoms with E-state index in [0.717, 1.165) is 27.8 Å². The molecule has 0 aliphatic carbocycles. The molecule has 4 rings (SSSR count). The number of hydrogen-bond donors (Lipinski definition) is 2. The number of hydrogen-bond acceptors (Lipinski definition) is 4. The van der Waals surface area contributed by atoms with Gasteiger partial charge in [0, 0.05) is 35.3 Å². The molecule has 3 aromatic rings. The number of nitrogens with one attached hydrogen (secondary N) is 1. The first-order valence-corrected chi connectivity index (χ1v) is 10.4. The number of fused-ring (bicyclic) bond motifs is 1. The van der Waals surface area contributed by atoms with Gasteiger partial charge in [0.15, 0.2) is 0 Å². The molecule has 1 fully saturated rings. The average molecular weight is 407 g/mol. The zero-order valence-corrected chi connectivity index (χ0v) is 16.6. The third-order valence-corrected chi connectivity index (χ3v) is 6.16. The van der Waals surface area contributed by atoms with E-state index in [1.165, 1.54) is 0 Å². The van der Waals surface area contributed by atoms with Crippen molar-refractivity contribution in [2.75, 3.05) is 11.4 Å². The highest BCUT2D eigenvalue weighted by Crippen LogP contribution is 2.27. The van der Waals surface area contributed by atoms with Crippen LogP contribution in [0, 0.1) is 0 Å². The van der Waals surface area contributed by atoms with Gasteiger partial charge in [-0.1, -0.05) is 18.2 Å². The smallest absolute Gasteiger partial charge is 0.251 e. The molecule has 1 atom stereocenters. The lowest BCUT2D eigenvalue weighted by atomic mass is 10.0. The van der Waals surface area contributed by atoms with Crippen LogP contribution in [0.5, 0.6) is 0 Å². The monoisotopic (exact) mass is 407 g/mol. The molecule has 3 N–H and O–H groups in total. The van der Waals surface area contributed by atoms with E-state index in [-0.39, 0.29) is 11.8 Å². The van der Waals surface area contributed by atoms with Crippen molar-refractivity contribution in [1.29, 1.82) is 0 Å². The van der Waals surface area contributed by atoms with Crippen LogP contribution in [0.3, 0.4) is 0 Å². The quantitative estimate of drug-likeness (QED) is 0.658. The number of benzene rings is 2. The summed E-state index contributed by atoms with van der Waals surface area (Å²) in [5.74, 6) is -0.848. The molecular weight excluding hydrogens is 386 g/mol. The molecule has 7 heteroatoms. The topological polar surface area (TPSA) is 92.5 Å². The van der Waals surface area contributed by atoms with E-state index in [4.69, 9.17) is 5.73 Å². The van der Waals surface area contributed by atoms with E-state index in [2.05, 4.69) is 5.32 Å². The van der Waals surface area contributed by atoms with Crippen LogP contribution in [0.2, 0.25) is 0 Å². The molecule has 0 spiro atoms. The molecule has 0 unspecified atom stereocenters. The van der Waals surface area contributed by atoms with Crippen molar-refractivity contribution < 1.29 is 14.4 Å². The first-order chi connectivity index (χ1) is 14.0. The fourth-order valence-corrected chi connectivity index (χ4v) is 4.56. The predicted octanol–water partition coefficient (Wildman–Crippen LogP) is 2.85. The molecule has 1 aliphatic heterocycles. The van der Waals surface area contributed by atoms with Crippen molar-refractivity contribution in [2.24, 2.45) is 5.73 Å². The van der Waals surface area contributed by atoms with Crippen molar-refractivity contribution in [3.05, 3.63) is 65.0 Å². The number of anilines is 1. The van der Waals surface area contributed by atoms with Crippen LogP contribution in [0.15, 0.2) is 53.9 Å². The highest BCUT2D eigenvalue weighted by Gasteiger charge is 2.23. The SMILES string of the molecule is NC(=O)[C@@H](Cc1csc2ccccc12)NC(=O)c1ccc(N2CCCC2=O)cc1. The van der Waals surface area contributed by atoms with Crippen LogP contribution in [0.4, 0.5) is 5.69 Å². The van der Waals surface area contributed by atoms with Gasteiger partial charge in [-0.15, -0.1) is 11.3 Å². The van der Waals surface area contributed by atoms with Crippen molar-refractivity contribution in [2.45, 2.75) is 25.3 Å². The highest BCUT2D eigenvalue weighted by atomic mass is 32.1. The standard InChI is InChI=1S/C22H21N3O3S/c23-21(27)18(12-15-13-29-19-5-2-1-4-17(15)19)24-22(28)14-7-9-16(10-8-14)25-11-3-6-20(25)26/h1-2,4-5,7-10,13,18H,3,6,11-12H2,(H2,23,27)(H,24,28)/t18-/m1/s1. The fourth-order valence-electron chi connectivity index (χ4n) is 3.59. The second-order valence-corrected chi connectivity index (χ2v) is 8.00. The molecule has 1 aromatic heterocycles. The minimum atomic E-state index is -0.805. The van der Waals surface area contributed by atoms with Gasteiger partial charge in [-0.2, -0.15) is 0 Å². The Balaban J connectivity index is 1.47. The number of thiophene rings is 1. The summed E-state index contributed by atoms with van der Waals surface area (Å²) >= 11 is 1.60. The molecule has 3 amide bonds. The Morgan fingerprint density at radius 1 is 1.14 bits per heavy atom. The Hall–Kier alpha value is -3.19. The van der Waals surface area contributed by atoms with Gasteiger partial charge in [0.2, 0.25) is 11.8 Å². The second kappa shape index (κ2) is 8.05. The van der Waals surface area contributed by atoms with E-state index in [1.54, 1.807) is 40.5 Å². The average Bonchev–Trinajstić information content (AvgIpc) is 3.34. The third-order valence-electron chi connectivity index (χ3n) is 5.15. The number of carbonyl (C=O) groups is 3. The Morgan fingerprint density at radius 3 is 2.59 bits per heavy atom. The molecule has 0 radical (unpaired) electrons. The lowest BCUT2D eigenvalue weighted by molar-refractivity contribution is -0.120. The van der Waals surface area contributed by atoms with E-state index in [9.17, 15) is 14.4 Å². The molecule has 29 heavy (non-hydrogen) atoms. The van der Waals surface area contributed by atoms with Crippen molar-refractivity contribution in [1.82, 2.24) is 5.32 Å². The maximum atomic E-state index is 12.7. The minimum Gasteiger partial charge on any atom is -0.368 e. The Kier molecular flexibility index (Phi) is 5.31. The molecule has 1 saturated heterocycles. The van der Waals surface area contributed by atoms with Crippen molar-refractivity contribution in [3.63, 3.8) is 0 Å². The number of carbonyl (C=O) groups excluding carboxylic acids is 3. The highest BCUT2D eigenvalue weighted by molar-refractivity contribution is 7.17. The number of nitrogens with two attached hydrogens (primary N) is 1. The number of primary amides is 1. The van der Waals surface area contributed by atoms with Gasteiger partial charge in [0.05, 0.1) is 0 Å². The van der Waals surface area contributed by atoms with Gasteiger partial charge in [-0.25, -0.2) is 0 Å². The minimum absolute atomic E-state index is 0.0963. The molecule has 0 bridgehead atoms. The molecule has 0 saturated carbocycles. The summed E-state index contributed by atoms with van der Waals surface area (Å²) in [5.41, 5.74) is 7.73. The number of rotatable bonds is 6. The summed E-state index contributed by atoms with van der Waals surface area (Å²) in [5, 5.41) is 5.81. The normalized spacial score (nSPS) is 14.9. The zero-order chi connectivity index (χ0) is 20.4. The van der Waals surface area contributed by atoms with Crippen LogP contribution in [0.25, 0.3) is 10.1 Å². The largest absolute Gasteiger partial charge is 0.368 e. The molecule has 2 heterocycles. The first-order valence-electron chi connectivity index (χ1n) is 9.48. The Morgan fingerprint density at radius 2 is 1.90 bits per heavy atom. The van der Waals surface area contributed by atoms with Crippen molar-refractivity contribution in [3.8, 4) is 0 Å². The van der Waals surface area contributed by atoms with E-state index in [0.29, 0.717) is 24.9 Å². The fraction of sp³-hybridized carbons (Fsp3) is 0.227. The zero-order valence-electron chi connectivity index (χ0n) is 15.8. The summed E-state index contributed by atoms with van der Waals surface area (Å²) in [7, 11) is 0. The first kappa shape index (κ1) is 19.1. The van der Waals surface area contributed by atoms with Crippen molar-refractivity contribution >= 4 is 44.8 Å². The van der Waals surface area contributed by atoms with Gasteiger partial charge < -0.3 is 16.0 Å². The van der Waals surface area contributed by atoms with Crippen LogP contribution in [0.1, 0.15) is 28.8 Å². The van der Waals surface area contributed by atoms with Gasteiger partial charge in [-0.3, -0.25) is 14.4 Å². The molecule has 1 aliphatic rings. The number of amides is 3. The van der Waals surface area contributed by atoms with Gasteiger partial charge in [0.25, 0.3) is 5.91 Å². The van der Waals surface area contributed by atoms with Crippen LogP contribution in [-0.2, 0) is 16.0 Å². The van der Waals surface area contributed by atoms with E-state index >= 15 is 0 Å². The van der Waals surface area contributed by atoms with Gasteiger partial charge in [-0.05, 0) is 53.1 Å². The maximum Gasteiger partial charge on any atom is 0.251 e. The van der Waals surface area contributed by atoms with Crippen LogP contribution < -0.4 is 16.0 Å².